The van der Waals surface area contributed by atoms with Crippen molar-refractivity contribution in [3.8, 4) is 6.07 Å². The van der Waals surface area contributed by atoms with Gasteiger partial charge in [0.2, 0.25) is 0 Å². The third-order valence-corrected chi connectivity index (χ3v) is 2.53. The largest absolute Gasteiger partial charge is 0.397 e. The van der Waals surface area contributed by atoms with Gasteiger partial charge >= 0.3 is 0 Å². The molecule has 1 aromatic carbocycles. The molecule has 0 aliphatic heterocycles. The van der Waals surface area contributed by atoms with Crippen LogP contribution in [0.5, 0.6) is 0 Å². The lowest BCUT2D eigenvalue weighted by Crippen LogP contribution is -2.28. The number of hydrogen-bond acceptors (Lipinski definition) is 4. The van der Waals surface area contributed by atoms with Gasteiger partial charge in [-0.1, -0.05) is 0 Å². The van der Waals surface area contributed by atoms with Crippen molar-refractivity contribution in [3.05, 3.63) is 18.2 Å². The molecule has 0 aliphatic rings. The van der Waals surface area contributed by atoms with E-state index < -0.39 is 0 Å². The normalized spacial score (nSPS) is 11.8. The Hall–Kier alpha value is -1.89. The van der Waals surface area contributed by atoms with Crippen molar-refractivity contribution < 1.29 is 0 Å². The number of nitrogens with zero attached hydrogens (tertiary/aromatic N) is 2. The number of nitrogens with two attached hydrogens (primary N) is 2. The molecule has 0 saturated heterocycles. The SMILES string of the molecule is CC(CC#N)N(C)c1ccc(N)c(N)c1. The van der Waals surface area contributed by atoms with Crippen LogP contribution in [0.15, 0.2) is 18.2 Å². The Morgan fingerprint density at radius 2 is 2.07 bits per heavy atom. The van der Waals surface area contributed by atoms with Crippen LogP contribution < -0.4 is 16.4 Å². The molecule has 4 N–H and O–H groups in total. The number of hydrogen-bond donors (Lipinski definition) is 2. The molecule has 4 heteroatoms. The van der Waals surface area contributed by atoms with E-state index in [1.807, 2.05) is 31.0 Å². The van der Waals surface area contributed by atoms with E-state index in [2.05, 4.69) is 6.07 Å². The van der Waals surface area contributed by atoms with Gasteiger partial charge in [0.25, 0.3) is 0 Å². The summed E-state index contributed by atoms with van der Waals surface area (Å²) in [6.45, 7) is 2.00. The molecule has 0 aliphatic carbocycles. The molecule has 1 atom stereocenters. The molecule has 15 heavy (non-hydrogen) atoms. The second-order valence-corrected chi connectivity index (χ2v) is 3.64. The van der Waals surface area contributed by atoms with Gasteiger partial charge < -0.3 is 16.4 Å². The lowest BCUT2D eigenvalue weighted by molar-refractivity contribution is 0.703. The first-order valence-electron chi connectivity index (χ1n) is 4.81. The molecule has 4 nitrogen and oxygen atoms in total. The first kappa shape index (κ1) is 11.2. The van der Waals surface area contributed by atoms with Crippen molar-refractivity contribution in [3.63, 3.8) is 0 Å². The molecule has 1 aromatic rings. The van der Waals surface area contributed by atoms with E-state index in [-0.39, 0.29) is 6.04 Å². The summed E-state index contributed by atoms with van der Waals surface area (Å²) >= 11 is 0. The zero-order valence-corrected chi connectivity index (χ0v) is 9.07. The fourth-order valence-corrected chi connectivity index (χ4v) is 1.31. The second-order valence-electron chi connectivity index (χ2n) is 3.64. The van der Waals surface area contributed by atoms with Crippen LogP contribution in [0.4, 0.5) is 17.1 Å². The Labute approximate surface area is 90.1 Å². The predicted octanol–water partition coefficient (Wildman–Crippen LogP) is 1.59. The van der Waals surface area contributed by atoms with Gasteiger partial charge in [0, 0.05) is 18.8 Å². The first-order chi connectivity index (χ1) is 7.06. The Morgan fingerprint density at radius 1 is 1.40 bits per heavy atom. The molecule has 0 fully saturated rings. The smallest absolute Gasteiger partial charge is 0.0643 e. The first-order valence-corrected chi connectivity index (χ1v) is 4.81. The Kier molecular flexibility index (Phi) is 3.40. The summed E-state index contributed by atoms with van der Waals surface area (Å²) in [5, 5.41) is 8.61. The van der Waals surface area contributed by atoms with Gasteiger partial charge in [0.15, 0.2) is 0 Å². The van der Waals surface area contributed by atoms with E-state index in [9.17, 15) is 0 Å². The maximum atomic E-state index is 8.61. The topological polar surface area (TPSA) is 79.1 Å². The van der Waals surface area contributed by atoms with Gasteiger partial charge in [-0.3, -0.25) is 0 Å². The summed E-state index contributed by atoms with van der Waals surface area (Å²) in [6, 6.07) is 7.81. The Morgan fingerprint density at radius 3 is 2.60 bits per heavy atom. The highest BCUT2D eigenvalue weighted by atomic mass is 15.1. The van der Waals surface area contributed by atoms with Crippen LogP contribution >= 0.6 is 0 Å². The minimum Gasteiger partial charge on any atom is -0.397 e. The van der Waals surface area contributed by atoms with Crippen LogP contribution in [-0.2, 0) is 0 Å². The average molecular weight is 204 g/mol. The molecule has 0 amide bonds. The molecule has 1 unspecified atom stereocenters. The second kappa shape index (κ2) is 4.56. The minimum absolute atomic E-state index is 0.165. The van der Waals surface area contributed by atoms with Crippen LogP contribution in [0.1, 0.15) is 13.3 Å². The summed E-state index contributed by atoms with van der Waals surface area (Å²) < 4.78 is 0. The highest BCUT2D eigenvalue weighted by Crippen LogP contribution is 2.23. The lowest BCUT2D eigenvalue weighted by atomic mass is 10.2. The van der Waals surface area contributed by atoms with E-state index in [1.54, 1.807) is 6.07 Å². The van der Waals surface area contributed by atoms with Crippen LogP contribution in [0.25, 0.3) is 0 Å². The van der Waals surface area contributed by atoms with E-state index in [0.717, 1.165) is 5.69 Å². The maximum Gasteiger partial charge on any atom is 0.0643 e. The summed E-state index contributed by atoms with van der Waals surface area (Å²) in [5.41, 5.74) is 13.5. The van der Waals surface area contributed by atoms with Crippen molar-refractivity contribution in [2.45, 2.75) is 19.4 Å². The van der Waals surface area contributed by atoms with Crippen LogP contribution in [0.2, 0.25) is 0 Å². The monoisotopic (exact) mass is 204 g/mol. The molecule has 0 saturated carbocycles. The molecular weight excluding hydrogens is 188 g/mol. The number of rotatable bonds is 3. The van der Waals surface area contributed by atoms with E-state index in [0.29, 0.717) is 17.8 Å². The highest BCUT2D eigenvalue weighted by Gasteiger charge is 2.10. The van der Waals surface area contributed by atoms with Gasteiger partial charge in [-0.25, -0.2) is 0 Å². The summed E-state index contributed by atoms with van der Waals surface area (Å²) in [5.74, 6) is 0. The van der Waals surface area contributed by atoms with E-state index >= 15 is 0 Å². The summed E-state index contributed by atoms with van der Waals surface area (Å²) in [4.78, 5) is 2.01. The third kappa shape index (κ3) is 2.53. The van der Waals surface area contributed by atoms with Crippen LogP contribution in [0.3, 0.4) is 0 Å². The van der Waals surface area contributed by atoms with Crippen molar-refractivity contribution in [2.24, 2.45) is 0 Å². The average Bonchev–Trinajstić information content (AvgIpc) is 2.21. The minimum atomic E-state index is 0.165. The number of nitrogen functional groups attached to an aromatic ring is 2. The molecule has 0 bridgehead atoms. The van der Waals surface area contributed by atoms with E-state index in [4.69, 9.17) is 16.7 Å². The van der Waals surface area contributed by atoms with Crippen molar-refractivity contribution in [1.29, 1.82) is 5.26 Å². The zero-order valence-electron chi connectivity index (χ0n) is 9.07. The number of nitriles is 1. The van der Waals surface area contributed by atoms with Gasteiger partial charge in [0.1, 0.15) is 0 Å². The van der Waals surface area contributed by atoms with E-state index in [1.165, 1.54) is 0 Å². The molecule has 80 valence electrons. The summed E-state index contributed by atoms with van der Waals surface area (Å²) in [7, 11) is 1.94. The Balaban J connectivity index is 2.87. The van der Waals surface area contributed by atoms with Gasteiger partial charge in [0.05, 0.1) is 23.9 Å². The van der Waals surface area contributed by atoms with Gasteiger partial charge in [-0.2, -0.15) is 5.26 Å². The van der Waals surface area contributed by atoms with Gasteiger partial charge in [-0.05, 0) is 25.1 Å². The quantitative estimate of drug-likeness (QED) is 0.733. The lowest BCUT2D eigenvalue weighted by Gasteiger charge is -2.25. The standard InChI is InChI=1S/C11H16N4/c1-8(5-6-12)15(2)9-3-4-10(13)11(14)7-9/h3-4,7-8H,5,13-14H2,1-2H3. The highest BCUT2D eigenvalue weighted by molar-refractivity contribution is 5.69. The third-order valence-electron chi connectivity index (χ3n) is 2.53. The number of benzene rings is 1. The fourth-order valence-electron chi connectivity index (χ4n) is 1.31. The van der Waals surface area contributed by atoms with Crippen LogP contribution in [0, 0.1) is 11.3 Å². The molecular formula is C11H16N4. The molecule has 0 spiro atoms. The summed E-state index contributed by atoms with van der Waals surface area (Å²) in [6.07, 6.45) is 0.487. The zero-order chi connectivity index (χ0) is 11.4. The molecule has 1 rings (SSSR count). The van der Waals surface area contributed by atoms with Crippen molar-refractivity contribution in [1.82, 2.24) is 0 Å². The van der Waals surface area contributed by atoms with Crippen molar-refractivity contribution in [2.75, 3.05) is 23.4 Å². The fraction of sp³-hybridized carbons (Fsp3) is 0.364. The van der Waals surface area contributed by atoms with Crippen molar-refractivity contribution >= 4 is 17.1 Å². The molecule has 0 radical (unpaired) electrons. The number of anilines is 3. The maximum absolute atomic E-state index is 8.61. The molecule has 0 aromatic heterocycles. The predicted molar refractivity (Wildman–Crippen MR) is 63.4 cm³/mol. The molecule has 0 heterocycles. The Bertz CT molecular complexity index is 381. The van der Waals surface area contributed by atoms with Crippen LogP contribution in [-0.4, -0.2) is 13.1 Å². The van der Waals surface area contributed by atoms with Gasteiger partial charge in [-0.15, -0.1) is 0 Å².